The van der Waals surface area contributed by atoms with Gasteiger partial charge in [-0.2, -0.15) is 18.3 Å². The van der Waals surface area contributed by atoms with Crippen molar-refractivity contribution in [2.75, 3.05) is 13.1 Å². The van der Waals surface area contributed by atoms with Crippen molar-refractivity contribution in [1.29, 1.82) is 0 Å². The molecule has 29 heavy (non-hydrogen) atoms. The summed E-state index contributed by atoms with van der Waals surface area (Å²) in [7, 11) is 0. The van der Waals surface area contributed by atoms with Gasteiger partial charge in [-0.15, -0.1) is 12.4 Å². The number of carbonyl (C=O) groups is 1. The average Bonchev–Trinajstić information content (AvgIpc) is 3.40. The maximum Gasteiger partial charge on any atom is 0.416 e. The summed E-state index contributed by atoms with van der Waals surface area (Å²) < 4.78 is 40.8. The van der Waals surface area contributed by atoms with E-state index in [-0.39, 0.29) is 30.3 Å². The summed E-state index contributed by atoms with van der Waals surface area (Å²) in [4.78, 5) is 12.9. The predicted octanol–water partition coefficient (Wildman–Crippen LogP) is 3.92. The molecule has 1 aliphatic carbocycles. The van der Waals surface area contributed by atoms with Crippen molar-refractivity contribution in [3.63, 3.8) is 0 Å². The molecule has 9 heteroatoms. The number of piperidine rings is 1. The first kappa shape index (κ1) is 21.6. The first-order valence-corrected chi connectivity index (χ1v) is 9.61. The molecule has 1 saturated heterocycles. The summed E-state index contributed by atoms with van der Waals surface area (Å²) in [5, 5.41) is 10.7. The summed E-state index contributed by atoms with van der Waals surface area (Å²) in [6.07, 6.45) is -0.264. The number of carbonyl (C=O) groups excluding carboxylic acids is 1. The molecule has 2 aromatic rings. The highest BCUT2D eigenvalue weighted by Crippen LogP contribution is 2.43. The van der Waals surface area contributed by atoms with Crippen LogP contribution in [0.15, 0.2) is 30.5 Å². The van der Waals surface area contributed by atoms with Gasteiger partial charge in [0.15, 0.2) is 0 Å². The van der Waals surface area contributed by atoms with E-state index in [0.29, 0.717) is 22.9 Å². The number of alkyl halides is 3. The molecule has 1 aromatic heterocycles. The van der Waals surface area contributed by atoms with E-state index in [1.54, 1.807) is 6.07 Å². The van der Waals surface area contributed by atoms with Crippen LogP contribution in [0, 0.1) is 5.92 Å². The van der Waals surface area contributed by atoms with Gasteiger partial charge in [-0.3, -0.25) is 4.79 Å². The number of halogens is 4. The summed E-state index contributed by atoms with van der Waals surface area (Å²) >= 11 is 0. The second kappa shape index (κ2) is 8.36. The second-order valence-electron chi connectivity index (χ2n) is 7.73. The van der Waals surface area contributed by atoms with E-state index in [4.69, 9.17) is 0 Å². The first-order valence-electron chi connectivity index (χ1n) is 9.61. The van der Waals surface area contributed by atoms with Gasteiger partial charge in [0.25, 0.3) is 5.91 Å². The number of hydrogen-bond donors (Lipinski definition) is 2. The van der Waals surface area contributed by atoms with E-state index in [2.05, 4.69) is 22.7 Å². The van der Waals surface area contributed by atoms with Gasteiger partial charge < -0.3 is 10.6 Å². The Balaban J connectivity index is 0.00000240. The molecule has 1 saturated carbocycles. The maximum atomic E-state index is 13.1. The molecule has 2 atom stereocenters. The van der Waals surface area contributed by atoms with Gasteiger partial charge >= 0.3 is 6.18 Å². The lowest BCUT2D eigenvalue weighted by molar-refractivity contribution is -0.137. The van der Waals surface area contributed by atoms with Gasteiger partial charge in [0.2, 0.25) is 0 Å². The minimum absolute atomic E-state index is 0. The third-order valence-corrected chi connectivity index (χ3v) is 5.53. The Bertz CT molecular complexity index is 879. The van der Waals surface area contributed by atoms with Crippen molar-refractivity contribution in [3.05, 3.63) is 47.3 Å². The summed E-state index contributed by atoms with van der Waals surface area (Å²) in [5.74, 6) is 0.280. The highest BCUT2D eigenvalue weighted by Gasteiger charge is 2.35. The van der Waals surface area contributed by atoms with Crippen LogP contribution >= 0.6 is 12.4 Å². The minimum Gasteiger partial charge on any atom is -0.349 e. The smallest absolute Gasteiger partial charge is 0.349 e. The SMILES string of the molecule is CC1CNCCC1NC(=O)c1cnn(-c2cccc(C(F)(F)F)c2)c1C1CC1.Cl. The van der Waals surface area contributed by atoms with Crippen molar-refractivity contribution >= 4 is 18.3 Å². The monoisotopic (exact) mass is 428 g/mol. The standard InChI is InChI=1S/C20H23F3N4O.ClH/c1-12-10-24-8-7-17(12)26-19(28)16-11-25-27(18(16)13-5-6-13)15-4-2-3-14(9-15)20(21,22)23;/h2-4,9,11-13,17,24H,5-8,10H2,1H3,(H,26,28);1H. The van der Waals surface area contributed by atoms with E-state index in [0.717, 1.165) is 44.5 Å². The number of aromatic nitrogens is 2. The van der Waals surface area contributed by atoms with Gasteiger partial charge in [-0.1, -0.05) is 13.0 Å². The Morgan fingerprint density at radius 2 is 2.03 bits per heavy atom. The van der Waals surface area contributed by atoms with Gasteiger partial charge in [0.05, 0.1) is 28.7 Å². The molecule has 2 aliphatic rings. The Morgan fingerprint density at radius 1 is 1.28 bits per heavy atom. The van der Waals surface area contributed by atoms with E-state index in [9.17, 15) is 18.0 Å². The lowest BCUT2D eigenvalue weighted by Gasteiger charge is -2.30. The van der Waals surface area contributed by atoms with Gasteiger partial charge in [0.1, 0.15) is 0 Å². The zero-order valence-corrected chi connectivity index (χ0v) is 16.8. The molecule has 1 aromatic carbocycles. The molecule has 4 rings (SSSR count). The molecular formula is C20H24ClF3N4O. The number of rotatable bonds is 4. The van der Waals surface area contributed by atoms with Gasteiger partial charge in [0, 0.05) is 12.0 Å². The topological polar surface area (TPSA) is 58.9 Å². The largest absolute Gasteiger partial charge is 0.416 e. The zero-order chi connectivity index (χ0) is 19.9. The molecule has 158 valence electrons. The highest BCUT2D eigenvalue weighted by atomic mass is 35.5. The third-order valence-electron chi connectivity index (χ3n) is 5.53. The van der Waals surface area contributed by atoms with Crippen LogP contribution in [0.4, 0.5) is 13.2 Å². The van der Waals surface area contributed by atoms with E-state index in [1.807, 2.05) is 0 Å². The van der Waals surface area contributed by atoms with E-state index in [1.165, 1.54) is 16.9 Å². The van der Waals surface area contributed by atoms with E-state index >= 15 is 0 Å². The summed E-state index contributed by atoms with van der Waals surface area (Å²) in [6.45, 7) is 3.79. The number of amides is 1. The predicted molar refractivity (Wildman–Crippen MR) is 106 cm³/mol. The number of nitrogens with zero attached hydrogens (tertiary/aromatic N) is 2. The quantitative estimate of drug-likeness (QED) is 0.776. The summed E-state index contributed by atoms with van der Waals surface area (Å²) in [6, 6.07) is 5.15. The van der Waals surface area contributed by atoms with Crippen LogP contribution < -0.4 is 10.6 Å². The fourth-order valence-electron chi connectivity index (χ4n) is 3.78. The molecule has 2 heterocycles. The van der Waals surface area contributed by atoms with Gasteiger partial charge in [-0.05, 0) is 56.5 Å². The molecule has 0 spiro atoms. The fraction of sp³-hybridized carbons (Fsp3) is 0.500. The average molecular weight is 429 g/mol. The maximum absolute atomic E-state index is 13.1. The number of nitrogens with one attached hydrogen (secondary N) is 2. The molecular weight excluding hydrogens is 405 g/mol. The minimum atomic E-state index is -4.42. The van der Waals surface area contributed by atoms with Crippen molar-refractivity contribution in [2.45, 2.75) is 44.3 Å². The van der Waals surface area contributed by atoms with Crippen molar-refractivity contribution < 1.29 is 18.0 Å². The first-order chi connectivity index (χ1) is 13.3. The van der Waals surface area contributed by atoms with Crippen LogP contribution in [0.2, 0.25) is 0 Å². The fourth-order valence-corrected chi connectivity index (χ4v) is 3.78. The molecule has 2 unspecified atom stereocenters. The Kier molecular flexibility index (Phi) is 6.24. The zero-order valence-electron chi connectivity index (χ0n) is 16.0. The van der Waals surface area contributed by atoms with Crippen molar-refractivity contribution in [2.24, 2.45) is 5.92 Å². The lowest BCUT2D eigenvalue weighted by atomic mass is 9.95. The van der Waals surface area contributed by atoms with Crippen molar-refractivity contribution in [1.82, 2.24) is 20.4 Å². The molecule has 0 bridgehead atoms. The molecule has 1 aliphatic heterocycles. The van der Waals surface area contributed by atoms with Crippen LogP contribution in [0.1, 0.15) is 53.7 Å². The van der Waals surface area contributed by atoms with Crippen LogP contribution in [0.3, 0.4) is 0 Å². The number of benzene rings is 1. The molecule has 2 fully saturated rings. The normalized spacial score (nSPS) is 22.1. The molecule has 1 amide bonds. The number of hydrogen-bond acceptors (Lipinski definition) is 3. The van der Waals surface area contributed by atoms with E-state index < -0.39 is 11.7 Å². The third kappa shape index (κ3) is 4.59. The van der Waals surface area contributed by atoms with Gasteiger partial charge in [-0.25, -0.2) is 4.68 Å². The molecule has 2 N–H and O–H groups in total. The molecule has 5 nitrogen and oxygen atoms in total. The van der Waals surface area contributed by atoms with Crippen LogP contribution in [0.5, 0.6) is 0 Å². The Morgan fingerprint density at radius 3 is 2.69 bits per heavy atom. The highest BCUT2D eigenvalue weighted by molar-refractivity contribution is 5.95. The second-order valence-corrected chi connectivity index (χ2v) is 7.73. The van der Waals surface area contributed by atoms with Crippen LogP contribution in [0.25, 0.3) is 5.69 Å². The summed E-state index contributed by atoms with van der Waals surface area (Å²) in [5.41, 5.74) is 0.770. The molecule has 0 radical (unpaired) electrons. The Hall–Kier alpha value is -2.06. The Labute approximate surface area is 173 Å². The van der Waals surface area contributed by atoms with Crippen LogP contribution in [-0.2, 0) is 6.18 Å². The lowest BCUT2D eigenvalue weighted by Crippen LogP contribution is -2.48. The van der Waals surface area contributed by atoms with Crippen molar-refractivity contribution in [3.8, 4) is 5.69 Å². The van der Waals surface area contributed by atoms with Crippen LogP contribution in [-0.4, -0.2) is 34.8 Å².